The first-order valence-corrected chi connectivity index (χ1v) is 6.10. The van der Waals surface area contributed by atoms with Gasteiger partial charge in [0.15, 0.2) is 6.61 Å². The number of carboxylic acid groups (broad SMARTS) is 1. The Kier molecular flexibility index (Phi) is 3.54. The molecule has 1 aromatic carbocycles. The maximum Gasteiger partial charge on any atom is 0.341 e. The van der Waals surface area contributed by atoms with Crippen LogP contribution < -0.4 is 4.74 Å². The summed E-state index contributed by atoms with van der Waals surface area (Å²) in [6.45, 7) is -0.479. The van der Waals surface area contributed by atoms with Gasteiger partial charge in [-0.25, -0.2) is 13.2 Å². The van der Waals surface area contributed by atoms with Crippen LogP contribution in [0.4, 0.5) is 0 Å². The quantitative estimate of drug-likeness (QED) is 0.809. The van der Waals surface area contributed by atoms with Crippen LogP contribution in [-0.4, -0.2) is 26.1 Å². The monoisotopic (exact) mass is 250 g/mol. The van der Waals surface area contributed by atoms with E-state index in [2.05, 4.69) is 0 Å². The minimum Gasteiger partial charge on any atom is -0.482 e. The van der Waals surface area contributed by atoms with Crippen LogP contribution in [0.3, 0.4) is 0 Å². The van der Waals surface area contributed by atoms with Crippen molar-refractivity contribution in [3.63, 3.8) is 0 Å². The Bertz CT molecular complexity index is 450. The molecule has 1 aromatic rings. The van der Waals surface area contributed by atoms with Crippen molar-refractivity contribution in [2.24, 2.45) is 0 Å². The highest BCUT2D eigenvalue weighted by atomic mass is 35.7. The van der Waals surface area contributed by atoms with E-state index >= 15 is 0 Å². The standard InChI is InChI=1S/C8H7ClO5S/c9-15(12,13)7-3-1-6(2-4-7)14-5-8(10)11/h1-4H,5H2,(H,10,11). The topological polar surface area (TPSA) is 80.7 Å². The molecule has 0 saturated heterocycles. The van der Waals surface area contributed by atoms with Gasteiger partial charge in [0.25, 0.3) is 9.05 Å². The smallest absolute Gasteiger partial charge is 0.341 e. The number of hydrogen-bond acceptors (Lipinski definition) is 4. The van der Waals surface area contributed by atoms with Crippen molar-refractivity contribution >= 4 is 25.7 Å². The van der Waals surface area contributed by atoms with E-state index in [-0.39, 0.29) is 10.6 Å². The van der Waals surface area contributed by atoms with E-state index in [0.717, 1.165) is 0 Å². The molecule has 0 heterocycles. The highest BCUT2D eigenvalue weighted by molar-refractivity contribution is 8.13. The fourth-order valence-electron chi connectivity index (χ4n) is 0.843. The Morgan fingerprint density at radius 3 is 2.27 bits per heavy atom. The Hall–Kier alpha value is -1.27. The van der Waals surface area contributed by atoms with Crippen LogP contribution in [0.25, 0.3) is 0 Å². The second kappa shape index (κ2) is 4.50. The van der Waals surface area contributed by atoms with Crippen LogP contribution in [-0.2, 0) is 13.8 Å². The van der Waals surface area contributed by atoms with Crippen molar-refractivity contribution in [1.82, 2.24) is 0 Å². The van der Waals surface area contributed by atoms with Crippen molar-refractivity contribution in [2.45, 2.75) is 4.90 Å². The number of ether oxygens (including phenoxy) is 1. The van der Waals surface area contributed by atoms with Gasteiger partial charge < -0.3 is 9.84 Å². The Morgan fingerprint density at radius 2 is 1.87 bits per heavy atom. The van der Waals surface area contributed by atoms with Crippen LogP contribution >= 0.6 is 10.7 Å². The van der Waals surface area contributed by atoms with Gasteiger partial charge in [0.2, 0.25) is 0 Å². The molecular weight excluding hydrogens is 244 g/mol. The molecule has 0 fully saturated rings. The third kappa shape index (κ3) is 3.77. The molecule has 0 bridgehead atoms. The molecule has 0 spiro atoms. The van der Waals surface area contributed by atoms with E-state index in [1.54, 1.807) is 0 Å². The van der Waals surface area contributed by atoms with Gasteiger partial charge in [-0.1, -0.05) is 0 Å². The maximum atomic E-state index is 10.8. The molecule has 0 unspecified atom stereocenters. The summed E-state index contributed by atoms with van der Waals surface area (Å²) in [7, 11) is 1.33. The van der Waals surface area contributed by atoms with Crippen LogP contribution in [0.2, 0.25) is 0 Å². The van der Waals surface area contributed by atoms with Gasteiger partial charge in [0.1, 0.15) is 5.75 Å². The summed E-state index contributed by atoms with van der Waals surface area (Å²) in [5, 5.41) is 8.32. The van der Waals surface area contributed by atoms with Crippen LogP contribution in [0.15, 0.2) is 29.2 Å². The first-order chi connectivity index (χ1) is 6.89. The number of rotatable bonds is 4. The Morgan fingerprint density at radius 1 is 1.33 bits per heavy atom. The lowest BCUT2D eigenvalue weighted by atomic mass is 10.3. The second-order valence-electron chi connectivity index (χ2n) is 2.59. The van der Waals surface area contributed by atoms with E-state index in [1.165, 1.54) is 24.3 Å². The minimum atomic E-state index is -3.75. The van der Waals surface area contributed by atoms with Crippen LogP contribution in [0, 0.1) is 0 Å². The summed E-state index contributed by atoms with van der Waals surface area (Å²) < 4.78 is 26.5. The van der Waals surface area contributed by atoms with Crippen molar-refractivity contribution in [3.05, 3.63) is 24.3 Å². The average Bonchev–Trinajstić information content (AvgIpc) is 2.14. The summed E-state index contributed by atoms with van der Waals surface area (Å²) >= 11 is 0. The highest BCUT2D eigenvalue weighted by Gasteiger charge is 2.09. The fraction of sp³-hybridized carbons (Fsp3) is 0.125. The van der Waals surface area contributed by atoms with Gasteiger partial charge in [0.05, 0.1) is 4.90 Å². The van der Waals surface area contributed by atoms with Gasteiger partial charge in [-0.15, -0.1) is 0 Å². The molecule has 0 atom stereocenters. The molecule has 1 rings (SSSR count). The first kappa shape index (κ1) is 11.8. The maximum absolute atomic E-state index is 10.8. The molecule has 15 heavy (non-hydrogen) atoms. The summed E-state index contributed by atoms with van der Waals surface area (Å²) in [6, 6.07) is 5.13. The summed E-state index contributed by atoms with van der Waals surface area (Å²) in [5.74, 6) is -0.842. The molecule has 7 heteroatoms. The van der Waals surface area contributed by atoms with E-state index in [9.17, 15) is 13.2 Å². The molecule has 0 radical (unpaired) electrons. The van der Waals surface area contributed by atoms with Gasteiger partial charge in [-0.05, 0) is 24.3 Å². The van der Waals surface area contributed by atoms with Crippen molar-refractivity contribution in [1.29, 1.82) is 0 Å². The molecule has 0 aliphatic rings. The number of aliphatic carboxylic acids is 1. The van der Waals surface area contributed by atoms with Gasteiger partial charge >= 0.3 is 5.97 Å². The summed E-state index contributed by atoms with van der Waals surface area (Å²) in [6.07, 6.45) is 0. The normalized spacial score (nSPS) is 11.0. The third-order valence-electron chi connectivity index (χ3n) is 1.47. The predicted octanol–water partition coefficient (Wildman–Crippen LogP) is 1.08. The molecule has 0 saturated carbocycles. The van der Waals surface area contributed by atoms with Crippen molar-refractivity contribution in [2.75, 3.05) is 6.61 Å². The summed E-state index contributed by atoms with van der Waals surface area (Å²) in [5.41, 5.74) is 0. The molecule has 1 N–H and O–H groups in total. The molecule has 5 nitrogen and oxygen atoms in total. The average molecular weight is 251 g/mol. The lowest BCUT2D eigenvalue weighted by Crippen LogP contribution is -2.09. The zero-order valence-electron chi connectivity index (χ0n) is 7.38. The Labute approximate surface area is 90.7 Å². The van der Waals surface area contributed by atoms with E-state index < -0.39 is 21.6 Å². The molecule has 0 aromatic heterocycles. The molecule has 0 aliphatic heterocycles. The minimum absolute atomic E-state index is 0.0631. The zero-order chi connectivity index (χ0) is 11.5. The largest absolute Gasteiger partial charge is 0.482 e. The van der Waals surface area contributed by atoms with Gasteiger partial charge in [-0.3, -0.25) is 0 Å². The van der Waals surface area contributed by atoms with Crippen LogP contribution in [0.5, 0.6) is 5.75 Å². The predicted molar refractivity (Wildman–Crippen MR) is 52.6 cm³/mol. The highest BCUT2D eigenvalue weighted by Crippen LogP contribution is 2.18. The lowest BCUT2D eigenvalue weighted by Gasteiger charge is -2.02. The van der Waals surface area contributed by atoms with E-state index in [0.29, 0.717) is 0 Å². The SMILES string of the molecule is O=C(O)COc1ccc(S(=O)(=O)Cl)cc1. The number of hydrogen-bond donors (Lipinski definition) is 1. The number of carbonyl (C=O) groups is 1. The number of benzene rings is 1. The second-order valence-corrected chi connectivity index (χ2v) is 5.16. The first-order valence-electron chi connectivity index (χ1n) is 3.79. The third-order valence-corrected chi connectivity index (χ3v) is 2.84. The van der Waals surface area contributed by atoms with Crippen LogP contribution in [0.1, 0.15) is 0 Å². The lowest BCUT2D eigenvalue weighted by molar-refractivity contribution is -0.139. The molecule has 82 valence electrons. The fourth-order valence-corrected chi connectivity index (χ4v) is 1.61. The Balaban J connectivity index is 2.77. The molecular formula is C8H7ClO5S. The zero-order valence-corrected chi connectivity index (χ0v) is 8.96. The molecule has 0 amide bonds. The number of carboxylic acids is 1. The van der Waals surface area contributed by atoms with Gasteiger partial charge in [-0.2, -0.15) is 0 Å². The van der Waals surface area contributed by atoms with Gasteiger partial charge in [0, 0.05) is 10.7 Å². The van der Waals surface area contributed by atoms with Crippen molar-refractivity contribution in [3.8, 4) is 5.75 Å². The van der Waals surface area contributed by atoms with E-state index in [4.69, 9.17) is 20.5 Å². The molecule has 0 aliphatic carbocycles. The van der Waals surface area contributed by atoms with Crippen molar-refractivity contribution < 1.29 is 23.1 Å². The van der Waals surface area contributed by atoms with E-state index in [1.807, 2.05) is 0 Å². The summed E-state index contributed by atoms with van der Waals surface area (Å²) in [4.78, 5) is 10.1. The number of halogens is 1.